The van der Waals surface area contributed by atoms with Crippen LogP contribution >= 0.6 is 0 Å². The minimum Gasteiger partial charge on any atom is -0.480 e. The van der Waals surface area contributed by atoms with E-state index >= 15 is 0 Å². The fourth-order valence-corrected chi connectivity index (χ4v) is 4.54. The third-order valence-corrected chi connectivity index (χ3v) is 5.80. The molecule has 7 nitrogen and oxygen atoms in total. The number of hydrogen-bond acceptors (Lipinski definition) is 4. The van der Waals surface area contributed by atoms with Crippen LogP contribution in [0.25, 0.3) is 0 Å². The summed E-state index contributed by atoms with van der Waals surface area (Å²) in [5.41, 5.74) is 2.85. The third-order valence-electron chi connectivity index (χ3n) is 5.80. The van der Waals surface area contributed by atoms with Gasteiger partial charge in [0.15, 0.2) is 0 Å². The number of carboxylic acid groups (broad SMARTS) is 1. The summed E-state index contributed by atoms with van der Waals surface area (Å²) in [7, 11) is 0. The van der Waals surface area contributed by atoms with Crippen LogP contribution in [-0.4, -0.2) is 45.8 Å². The molecule has 28 heavy (non-hydrogen) atoms. The summed E-state index contributed by atoms with van der Waals surface area (Å²) in [6, 6.07) is 9.98. The molecule has 3 aliphatic rings. The first kappa shape index (κ1) is 16.7. The van der Waals surface area contributed by atoms with Crippen LogP contribution in [0.4, 0.5) is 5.69 Å². The van der Waals surface area contributed by atoms with Crippen molar-refractivity contribution in [2.75, 3.05) is 4.90 Å². The van der Waals surface area contributed by atoms with Crippen LogP contribution in [0.5, 0.6) is 0 Å². The van der Waals surface area contributed by atoms with Crippen molar-refractivity contribution in [1.29, 1.82) is 0 Å². The molecule has 7 heteroatoms. The van der Waals surface area contributed by atoms with Crippen LogP contribution in [0.1, 0.15) is 38.3 Å². The Morgan fingerprint density at radius 2 is 1.54 bits per heavy atom. The Hall–Kier alpha value is -3.48. The van der Waals surface area contributed by atoms with Gasteiger partial charge in [-0.05, 0) is 36.1 Å². The predicted molar refractivity (Wildman–Crippen MR) is 98.1 cm³/mol. The highest BCUT2D eigenvalue weighted by Gasteiger charge is 2.49. The Morgan fingerprint density at radius 1 is 0.893 bits per heavy atom. The van der Waals surface area contributed by atoms with Gasteiger partial charge in [0.1, 0.15) is 12.1 Å². The van der Waals surface area contributed by atoms with Gasteiger partial charge in [-0.2, -0.15) is 0 Å². The number of aliphatic carboxylic acids is 1. The Morgan fingerprint density at radius 3 is 2.18 bits per heavy atom. The third kappa shape index (κ3) is 2.10. The number of carbonyl (C=O) groups excluding carboxylic acids is 3. The van der Waals surface area contributed by atoms with Gasteiger partial charge in [-0.3, -0.25) is 24.2 Å². The van der Waals surface area contributed by atoms with Crippen molar-refractivity contribution in [2.45, 2.75) is 31.3 Å². The zero-order valence-electron chi connectivity index (χ0n) is 14.8. The summed E-state index contributed by atoms with van der Waals surface area (Å²) in [5.74, 6) is -2.61. The SMILES string of the molecule is O=C(O)[C@@H]1Cc2cccc3c2N1C(=O)C(N1C(=O)c2ccccc2C1=O)CC3. The minimum atomic E-state index is -1.10. The van der Waals surface area contributed by atoms with Crippen molar-refractivity contribution < 1.29 is 24.3 Å². The first-order valence-corrected chi connectivity index (χ1v) is 9.12. The van der Waals surface area contributed by atoms with Gasteiger partial charge in [0.2, 0.25) is 0 Å². The molecule has 3 aliphatic heterocycles. The summed E-state index contributed by atoms with van der Waals surface area (Å²) in [6.45, 7) is 0. The molecular formula is C21H16N2O5. The number of fused-ring (bicyclic) bond motifs is 1. The number of aryl methyl sites for hydroxylation is 1. The van der Waals surface area contributed by atoms with Crippen LogP contribution < -0.4 is 4.90 Å². The molecular weight excluding hydrogens is 360 g/mol. The number of carbonyl (C=O) groups is 4. The molecule has 3 heterocycles. The van der Waals surface area contributed by atoms with Gasteiger partial charge in [-0.15, -0.1) is 0 Å². The van der Waals surface area contributed by atoms with E-state index in [-0.39, 0.29) is 24.0 Å². The van der Waals surface area contributed by atoms with E-state index in [1.807, 2.05) is 18.2 Å². The van der Waals surface area contributed by atoms with E-state index in [1.165, 1.54) is 4.90 Å². The van der Waals surface area contributed by atoms with Crippen molar-refractivity contribution in [1.82, 2.24) is 4.90 Å². The summed E-state index contributed by atoms with van der Waals surface area (Å²) < 4.78 is 0. The molecule has 0 radical (unpaired) electrons. The van der Waals surface area contributed by atoms with Gasteiger partial charge < -0.3 is 5.11 Å². The maximum atomic E-state index is 13.4. The number of hydrogen-bond donors (Lipinski definition) is 1. The van der Waals surface area contributed by atoms with E-state index in [2.05, 4.69) is 0 Å². The lowest BCUT2D eigenvalue weighted by Crippen LogP contribution is -2.54. The minimum absolute atomic E-state index is 0.221. The van der Waals surface area contributed by atoms with E-state index in [0.29, 0.717) is 12.1 Å². The highest BCUT2D eigenvalue weighted by molar-refractivity contribution is 6.23. The van der Waals surface area contributed by atoms with Crippen LogP contribution in [0.15, 0.2) is 42.5 Å². The second kappa shape index (κ2) is 5.76. The van der Waals surface area contributed by atoms with Crippen molar-refractivity contribution >= 4 is 29.4 Å². The van der Waals surface area contributed by atoms with Gasteiger partial charge in [0.25, 0.3) is 17.7 Å². The first-order chi connectivity index (χ1) is 13.5. The lowest BCUT2D eigenvalue weighted by Gasteiger charge is -2.29. The predicted octanol–water partition coefficient (Wildman–Crippen LogP) is 1.64. The largest absolute Gasteiger partial charge is 0.480 e. The molecule has 2 aromatic rings. The van der Waals surface area contributed by atoms with Gasteiger partial charge in [-0.25, -0.2) is 4.79 Å². The molecule has 2 atom stereocenters. The Bertz CT molecular complexity index is 1040. The van der Waals surface area contributed by atoms with Crippen LogP contribution in [-0.2, 0) is 22.4 Å². The van der Waals surface area contributed by atoms with Crippen molar-refractivity contribution in [3.8, 4) is 0 Å². The van der Waals surface area contributed by atoms with Crippen molar-refractivity contribution in [3.05, 3.63) is 64.7 Å². The lowest BCUT2D eigenvalue weighted by atomic mass is 10.0. The van der Waals surface area contributed by atoms with Crippen molar-refractivity contribution in [3.63, 3.8) is 0 Å². The van der Waals surface area contributed by atoms with E-state index < -0.39 is 35.8 Å². The molecule has 0 aliphatic carbocycles. The second-order valence-electron chi connectivity index (χ2n) is 7.27. The Kier molecular flexibility index (Phi) is 3.43. The number of amides is 3. The van der Waals surface area contributed by atoms with E-state index in [0.717, 1.165) is 16.0 Å². The second-order valence-corrected chi connectivity index (χ2v) is 7.27. The molecule has 0 saturated heterocycles. The zero-order valence-corrected chi connectivity index (χ0v) is 14.8. The van der Waals surface area contributed by atoms with Crippen LogP contribution in [0.2, 0.25) is 0 Å². The highest BCUT2D eigenvalue weighted by atomic mass is 16.4. The lowest BCUT2D eigenvalue weighted by molar-refractivity contribution is -0.140. The Labute approximate surface area is 160 Å². The molecule has 0 aromatic heterocycles. The average molecular weight is 376 g/mol. The normalized spacial score (nSPS) is 22.9. The molecule has 140 valence electrons. The van der Waals surface area contributed by atoms with Gasteiger partial charge in [0.05, 0.1) is 16.8 Å². The molecule has 2 aromatic carbocycles. The summed E-state index contributed by atoms with van der Waals surface area (Å²) in [4.78, 5) is 53.3. The van der Waals surface area contributed by atoms with Gasteiger partial charge >= 0.3 is 5.97 Å². The number of nitrogens with zero attached hydrogens (tertiary/aromatic N) is 2. The number of carboxylic acids is 1. The molecule has 0 saturated carbocycles. The van der Waals surface area contributed by atoms with Crippen LogP contribution in [0, 0.1) is 0 Å². The quantitative estimate of drug-likeness (QED) is 0.804. The van der Waals surface area contributed by atoms with Crippen molar-refractivity contribution in [2.24, 2.45) is 0 Å². The fraction of sp³-hybridized carbons (Fsp3) is 0.238. The molecule has 5 rings (SSSR count). The van der Waals surface area contributed by atoms with E-state index in [4.69, 9.17) is 0 Å². The molecule has 0 spiro atoms. The summed E-state index contributed by atoms with van der Waals surface area (Å²) in [5, 5.41) is 9.67. The maximum Gasteiger partial charge on any atom is 0.327 e. The van der Waals surface area contributed by atoms with Gasteiger partial charge in [-0.1, -0.05) is 30.3 Å². The van der Waals surface area contributed by atoms with Crippen LogP contribution in [0.3, 0.4) is 0 Å². The molecule has 0 fully saturated rings. The summed E-state index contributed by atoms with van der Waals surface area (Å²) in [6.07, 6.45) is 0.971. The zero-order chi connectivity index (χ0) is 19.6. The Balaban J connectivity index is 1.60. The number of anilines is 1. The fourth-order valence-electron chi connectivity index (χ4n) is 4.54. The number of imide groups is 1. The van der Waals surface area contributed by atoms with E-state index in [9.17, 15) is 24.3 Å². The number of para-hydroxylation sites is 1. The standard InChI is InChI=1S/C21H16N2O5/c24-18-13-6-1-2-7-14(13)19(25)23(18)15-9-8-11-4-3-5-12-10-16(21(27)28)22(17(11)12)20(15)26/h1-7,15-16H,8-10H2,(H,27,28)/t15?,16-/m0/s1. The highest BCUT2D eigenvalue weighted by Crippen LogP contribution is 2.40. The summed E-state index contributed by atoms with van der Waals surface area (Å²) >= 11 is 0. The monoisotopic (exact) mass is 376 g/mol. The average Bonchev–Trinajstić information content (AvgIpc) is 3.15. The molecule has 0 bridgehead atoms. The number of rotatable bonds is 2. The first-order valence-electron chi connectivity index (χ1n) is 9.12. The van der Waals surface area contributed by atoms with Gasteiger partial charge in [0, 0.05) is 6.42 Å². The topological polar surface area (TPSA) is 95.0 Å². The van der Waals surface area contributed by atoms with E-state index in [1.54, 1.807) is 24.3 Å². The maximum absolute atomic E-state index is 13.4. The molecule has 1 N–H and O–H groups in total. The smallest absolute Gasteiger partial charge is 0.327 e. The molecule has 1 unspecified atom stereocenters. The number of benzene rings is 2. The molecule has 3 amide bonds.